The van der Waals surface area contributed by atoms with Gasteiger partial charge in [-0.2, -0.15) is 0 Å². The zero-order valence-electron chi connectivity index (χ0n) is 11.5. The quantitative estimate of drug-likeness (QED) is 0.649. The van der Waals surface area contributed by atoms with Crippen molar-refractivity contribution in [3.8, 4) is 5.75 Å². The molecule has 0 bridgehead atoms. The van der Waals surface area contributed by atoms with Crippen molar-refractivity contribution in [1.29, 1.82) is 0 Å². The summed E-state index contributed by atoms with van der Waals surface area (Å²) in [5, 5.41) is 19.8. The molecule has 1 aromatic rings. The van der Waals surface area contributed by atoms with Crippen molar-refractivity contribution in [3.05, 3.63) is 29.8 Å². The molecule has 5 heteroatoms. The number of methoxy groups -OCH3 is 1. The van der Waals surface area contributed by atoms with E-state index in [0.29, 0.717) is 24.2 Å². The maximum Gasteiger partial charge on any atom is 0.340 e. The zero-order valence-corrected chi connectivity index (χ0v) is 11.5. The first kappa shape index (κ1) is 14.8. The third-order valence-corrected chi connectivity index (χ3v) is 3.70. The summed E-state index contributed by atoms with van der Waals surface area (Å²) in [6.45, 7) is 0. The van der Waals surface area contributed by atoms with Crippen LogP contribution in [0.4, 0.5) is 0 Å². The fraction of sp³-hybridized carbons (Fsp3) is 0.533. The van der Waals surface area contributed by atoms with Gasteiger partial charge in [0.05, 0.1) is 18.8 Å². The summed E-state index contributed by atoms with van der Waals surface area (Å²) in [6.07, 6.45) is 1.30. The Morgan fingerprint density at radius 3 is 2.50 bits per heavy atom. The van der Waals surface area contributed by atoms with E-state index in [9.17, 15) is 15.0 Å². The average Bonchev–Trinajstić information content (AvgIpc) is 2.47. The summed E-state index contributed by atoms with van der Waals surface area (Å²) in [6, 6.07) is 6.45. The van der Waals surface area contributed by atoms with Crippen molar-refractivity contribution in [2.24, 2.45) is 5.92 Å². The Morgan fingerprint density at radius 2 is 1.90 bits per heavy atom. The van der Waals surface area contributed by atoms with Crippen LogP contribution in [0.1, 0.15) is 36.0 Å². The molecular weight excluding hydrogens is 260 g/mol. The Hall–Kier alpha value is -1.59. The fourth-order valence-corrected chi connectivity index (χ4v) is 2.46. The molecule has 3 atom stereocenters. The zero-order chi connectivity index (χ0) is 14.5. The third kappa shape index (κ3) is 3.49. The number of ether oxygens (including phenoxy) is 2. The summed E-state index contributed by atoms with van der Waals surface area (Å²) in [4.78, 5) is 11.9. The van der Waals surface area contributed by atoms with Gasteiger partial charge in [0.2, 0.25) is 6.29 Å². The molecule has 0 spiro atoms. The first-order valence-corrected chi connectivity index (χ1v) is 6.83. The van der Waals surface area contributed by atoms with Gasteiger partial charge in [0, 0.05) is 5.92 Å². The summed E-state index contributed by atoms with van der Waals surface area (Å²) in [5.41, 5.74) is 0.343. The lowest BCUT2D eigenvalue weighted by molar-refractivity contribution is -0.135. The van der Waals surface area contributed by atoms with Crippen LogP contribution in [0.25, 0.3) is 0 Å². The number of rotatable bonds is 4. The average molecular weight is 280 g/mol. The van der Waals surface area contributed by atoms with Crippen molar-refractivity contribution in [1.82, 2.24) is 0 Å². The number of aliphatic hydroxyl groups excluding tert-OH is 2. The van der Waals surface area contributed by atoms with E-state index >= 15 is 0 Å². The minimum atomic E-state index is -1.26. The van der Waals surface area contributed by atoms with Gasteiger partial charge in [-0.3, -0.25) is 0 Å². The van der Waals surface area contributed by atoms with Gasteiger partial charge in [-0.25, -0.2) is 4.79 Å². The van der Waals surface area contributed by atoms with Gasteiger partial charge in [0.1, 0.15) is 5.75 Å². The monoisotopic (exact) mass is 280 g/mol. The Balaban J connectivity index is 1.95. The molecule has 1 aliphatic rings. The summed E-state index contributed by atoms with van der Waals surface area (Å²) in [7, 11) is 1.54. The second-order valence-corrected chi connectivity index (χ2v) is 5.04. The smallest absolute Gasteiger partial charge is 0.340 e. The van der Waals surface area contributed by atoms with Gasteiger partial charge < -0.3 is 19.7 Å². The van der Waals surface area contributed by atoms with Crippen LogP contribution in [0.2, 0.25) is 0 Å². The van der Waals surface area contributed by atoms with E-state index < -0.39 is 24.3 Å². The van der Waals surface area contributed by atoms with E-state index in [-0.39, 0.29) is 0 Å². The second kappa shape index (κ2) is 6.72. The molecule has 0 radical (unpaired) electrons. The molecule has 0 aromatic heterocycles. The van der Waals surface area contributed by atoms with Gasteiger partial charge in [-0.05, 0) is 37.1 Å². The maximum absolute atomic E-state index is 11.9. The Kier molecular flexibility index (Phi) is 4.98. The number of carbonyl (C=O) groups is 1. The van der Waals surface area contributed by atoms with E-state index in [0.717, 1.165) is 12.8 Å². The Morgan fingerprint density at radius 1 is 1.25 bits per heavy atom. The minimum absolute atomic E-state index is 0.343. The molecule has 0 heterocycles. The minimum Gasteiger partial charge on any atom is -0.497 e. The highest BCUT2D eigenvalue weighted by Gasteiger charge is 2.32. The number of hydrogen-bond acceptors (Lipinski definition) is 5. The van der Waals surface area contributed by atoms with Crippen molar-refractivity contribution >= 4 is 5.97 Å². The Labute approximate surface area is 118 Å². The lowest BCUT2D eigenvalue weighted by Gasteiger charge is -2.30. The van der Waals surface area contributed by atoms with E-state index in [1.54, 1.807) is 31.4 Å². The first-order chi connectivity index (χ1) is 9.61. The molecule has 1 unspecified atom stereocenters. The van der Waals surface area contributed by atoms with Crippen LogP contribution >= 0.6 is 0 Å². The van der Waals surface area contributed by atoms with Crippen LogP contribution < -0.4 is 4.74 Å². The van der Waals surface area contributed by atoms with Gasteiger partial charge in [-0.15, -0.1) is 0 Å². The highest BCUT2D eigenvalue weighted by molar-refractivity contribution is 5.89. The van der Waals surface area contributed by atoms with Crippen molar-refractivity contribution in [3.63, 3.8) is 0 Å². The molecule has 20 heavy (non-hydrogen) atoms. The molecule has 1 aromatic carbocycles. The molecule has 110 valence electrons. The molecule has 1 fully saturated rings. The molecule has 5 nitrogen and oxygen atoms in total. The van der Waals surface area contributed by atoms with Crippen LogP contribution in [-0.2, 0) is 4.74 Å². The van der Waals surface area contributed by atoms with E-state index in [1.807, 2.05) is 0 Å². The van der Waals surface area contributed by atoms with E-state index in [1.165, 1.54) is 0 Å². The maximum atomic E-state index is 11.9. The van der Waals surface area contributed by atoms with Gasteiger partial charge in [0.15, 0.2) is 0 Å². The lowest BCUT2D eigenvalue weighted by atomic mass is 9.86. The molecule has 1 aliphatic carbocycles. The number of carbonyl (C=O) groups excluding carboxylic acids is 1. The fourth-order valence-electron chi connectivity index (χ4n) is 2.46. The number of benzene rings is 1. The SMILES string of the molecule is COc1ccc(C(=O)OC(O)[C@@H]2CCCC[C@H]2O)cc1. The summed E-state index contributed by atoms with van der Waals surface area (Å²) in [5.74, 6) is -0.353. The topological polar surface area (TPSA) is 76.0 Å². The highest BCUT2D eigenvalue weighted by Crippen LogP contribution is 2.28. The predicted molar refractivity (Wildman–Crippen MR) is 72.4 cm³/mol. The van der Waals surface area contributed by atoms with Crippen molar-refractivity contribution in [2.75, 3.05) is 7.11 Å². The largest absolute Gasteiger partial charge is 0.497 e. The van der Waals surface area contributed by atoms with Gasteiger partial charge >= 0.3 is 5.97 Å². The molecule has 2 rings (SSSR count). The first-order valence-electron chi connectivity index (χ1n) is 6.83. The highest BCUT2D eigenvalue weighted by atomic mass is 16.6. The number of aliphatic hydroxyl groups is 2. The van der Waals surface area contributed by atoms with Crippen LogP contribution in [0.15, 0.2) is 24.3 Å². The number of esters is 1. The van der Waals surface area contributed by atoms with E-state index in [2.05, 4.69) is 0 Å². The van der Waals surface area contributed by atoms with Crippen molar-refractivity contribution in [2.45, 2.75) is 38.1 Å². The van der Waals surface area contributed by atoms with Crippen LogP contribution in [0.3, 0.4) is 0 Å². The molecule has 1 saturated carbocycles. The molecule has 0 aliphatic heterocycles. The van der Waals surface area contributed by atoms with Crippen molar-refractivity contribution < 1.29 is 24.5 Å². The molecule has 0 amide bonds. The van der Waals surface area contributed by atoms with E-state index in [4.69, 9.17) is 9.47 Å². The van der Waals surface area contributed by atoms with Crippen LogP contribution in [0, 0.1) is 5.92 Å². The summed E-state index contributed by atoms with van der Waals surface area (Å²) < 4.78 is 10.0. The molecule has 2 N–H and O–H groups in total. The van der Waals surface area contributed by atoms with Crippen LogP contribution in [-0.4, -0.2) is 35.7 Å². The summed E-state index contributed by atoms with van der Waals surface area (Å²) >= 11 is 0. The predicted octanol–water partition coefficient (Wildman–Crippen LogP) is 1.72. The lowest BCUT2D eigenvalue weighted by Crippen LogP contribution is -2.37. The molecule has 0 saturated heterocycles. The van der Waals surface area contributed by atoms with Gasteiger partial charge in [0.25, 0.3) is 0 Å². The molecular formula is C15H20O5. The normalized spacial score (nSPS) is 23.9. The number of hydrogen-bond donors (Lipinski definition) is 2. The van der Waals surface area contributed by atoms with Crippen LogP contribution in [0.5, 0.6) is 5.75 Å². The third-order valence-electron chi connectivity index (χ3n) is 3.70. The Bertz CT molecular complexity index is 442. The standard InChI is InChI=1S/C15H20O5/c1-19-11-8-6-10(7-9-11)14(17)20-15(18)12-4-2-3-5-13(12)16/h6-9,12-13,15-16,18H,2-5H2,1H3/t12-,13-,15?/m1/s1. The second-order valence-electron chi connectivity index (χ2n) is 5.04. The van der Waals surface area contributed by atoms with Gasteiger partial charge in [-0.1, -0.05) is 12.8 Å².